The fourth-order valence-electron chi connectivity index (χ4n) is 2.66. The van der Waals surface area contributed by atoms with Gasteiger partial charge in [0.25, 0.3) is 11.5 Å². The van der Waals surface area contributed by atoms with E-state index in [0.29, 0.717) is 11.3 Å². The number of amides is 3. The summed E-state index contributed by atoms with van der Waals surface area (Å²) in [5, 5.41) is 4.70. The molecule has 0 spiro atoms. The Morgan fingerprint density at radius 1 is 1.17 bits per heavy atom. The van der Waals surface area contributed by atoms with Gasteiger partial charge in [0.15, 0.2) is 11.4 Å². The van der Waals surface area contributed by atoms with Crippen molar-refractivity contribution < 1.29 is 18.7 Å². The van der Waals surface area contributed by atoms with Gasteiger partial charge in [-0.05, 0) is 29.8 Å². The number of halogens is 1. The molecule has 1 atom stereocenters. The predicted molar refractivity (Wildman–Crippen MR) is 82.0 cm³/mol. The first kappa shape index (κ1) is 15.7. The summed E-state index contributed by atoms with van der Waals surface area (Å²) in [5.74, 6) is -0.984. The summed E-state index contributed by atoms with van der Waals surface area (Å²) in [7, 11) is 1.50. The van der Waals surface area contributed by atoms with Gasteiger partial charge in [-0.2, -0.15) is 0 Å². The summed E-state index contributed by atoms with van der Waals surface area (Å²) < 4.78 is 19.6. The van der Waals surface area contributed by atoms with E-state index in [9.17, 15) is 18.8 Å². The third kappa shape index (κ3) is 2.51. The largest absolute Gasteiger partial charge is 0.497 e. The van der Waals surface area contributed by atoms with Crippen LogP contribution in [0.1, 0.15) is 5.56 Å². The molecule has 0 saturated carbocycles. The number of benzene rings is 1. The molecule has 3 rings (SSSR count). The van der Waals surface area contributed by atoms with Gasteiger partial charge in [0, 0.05) is 6.20 Å². The van der Waals surface area contributed by atoms with Crippen molar-refractivity contribution in [2.24, 2.45) is 0 Å². The maximum Gasteiger partial charge on any atom is 0.322 e. The molecule has 24 heavy (non-hydrogen) atoms. The van der Waals surface area contributed by atoms with Gasteiger partial charge in [0.2, 0.25) is 0 Å². The van der Waals surface area contributed by atoms with Crippen LogP contribution >= 0.6 is 0 Å². The van der Waals surface area contributed by atoms with Gasteiger partial charge >= 0.3 is 6.03 Å². The van der Waals surface area contributed by atoms with Gasteiger partial charge in [-0.25, -0.2) is 9.18 Å². The first-order valence-electron chi connectivity index (χ1n) is 7.09. The van der Waals surface area contributed by atoms with Crippen molar-refractivity contribution in [2.75, 3.05) is 7.11 Å². The van der Waals surface area contributed by atoms with Crippen LogP contribution in [0.3, 0.4) is 0 Å². The summed E-state index contributed by atoms with van der Waals surface area (Å²) in [6.07, 6.45) is 1.36. The lowest BCUT2D eigenvalue weighted by atomic mass is 9.89. The molecule has 3 amide bonds. The zero-order chi connectivity index (χ0) is 17.3. The summed E-state index contributed by atoms with van der Waals surface area (Å²) in [6.45, 7) is -0.243. The third-order valence-corrected chi connectivity index (χ3v) is 3.91. The first-order valence-corrected chi connectivity index (χ1v) is 7.09. The highest BCUT2D eigenvalue weighted by Crippen LogP contribution is 2.28. The minimum absolute atomic E-state index is 0.243. The fraction of sp³-hybridized carbons (Fsp3) is 0.188. The number of aromatic nitrogens is 1. The number of ether oxygens (including phenoxy) is 1. The zero-order valence-electron chi connectivity index (χ0n) is 12.7. The fourth-order valence-corrected chi connectivity index (χ4v) is 2.66. The highest BCUT2D eigenvalue weighted by atomic mass is 19.1. The van der Waals surface area contributed by atoms with Crippen LogP contribution in [0, 0.1) is 5.82 Å². The van der Waals surface area contributed by atoms with Crippen LogP contribution in [0.4, 0.5) is 9.18 Å². The van der Waals surface area contributed by atoms with Crippen molar-refractivity contribution in [2.45, 2.75) is 12.1 Å². The van der Waals surface area contributed by atoms with Crippen LogP contribution in [0.15, 0.2) is 47.4 Å². The monoisotopic (exact) mass is 331 g/mol. The minimum atomic E-state index is -1.51. The Labute approximate surface area is 136 Å². The summed E-state index contributed by atoms with van der Waals surface area (Å²) in [6, 6.07) is 8.18. The number of hydrogen-bond donors (Lipinski definition) is 2. The predicted octanol–water partition coefficient (Wildman–Crippen LogP) is 0.731. The summed E-state index contributed by atoms with van der Waals surface area (Å²) in [4.78, 5) is 36.0. The van der Waals surface area contributed by atoms with Crippen molar-refractivity contribution in [3.8, 4) is 5.75 Å². The molecule has 124 valence electrons. The number of pyridine rings is 1. The van der Waals surface area contributed by atoms with Crippen molar-refractivity contribution >= 4 is 11.9 Å². The van der Waals surface area contributed by atoms with E-state index < -0.39 is 28.9 Å². The molecule has 0 bridgehead atoms. The van der Waals surface area contributed by atoms with Gasteiger partial charge < -0.3 is 14.6 Å². The SMILES string of the molecule is COc1ccc(C2(Cn3cccc(F)c3=O)NC(=O)NC2=O)cc1. The first-order chi connectivity index (χ1) is 11.5. The second kappa shape index (κ2) is 5.80. The third-order valence-electron chi connectivity index (χ3n) is 3.91. The lowest BCUT2D eigenvalue weighted by Crippen LogP contribution is -2.49. The van der Waals surface area contributed by atoms with Crippen molar-refractivity contribution in [3.63, 3.8) is 0 Å². The van der Waals surface area contributed by atoms with Crippen LogP contribution in [-0.4, -0.2) is 23.6 Å². The van der Waals surface area contributed by atoms with Gasteiger partial charge in [0.05, 0.1) is 13.7 Å². The number of methoxy groups -OCH3 is 1. The van der Waals surface area contributed by atoms with Gasteiger partial charge in [0.1, 0.15) is 5.75 Å². The van der Waals surface area contributed by atoms with Gasteiger partial charge in [-0.15, -0.1) is 0 Å². The zero-order valence-corrected chi connectivity index (χ0v) is 12.7. The van der Waals surface area contributed by atoms with Crippen LogP contribution < -0.4 is 20.9 Å². The Kier molecular flexibility index (Phi) is 3.80. The average Bonchev–Trinajstić information content (AvgIpc) is 2.86. The second-order valence-electron chi connectivity index (χ2n) is 5.33. The van der Waals surface area contributed by atoms with Crippen molar-refractivity contribution in [1.29, 1.82) is 0 Å². The van der Waals surface area contributed by atoms with Crippen molar-refractivity contribution in [1.82, 2.24) is 15.2 Å². The maximum atomic E-state index is 13.5. The Balaban J connectivity index is 2.09. The molecule has 1 unspecified atom stereocenters. The Morgan fingerprint density at radius 2 is 1.88 bits per heavy atom. The normalized spacial score (nSPS) is 19.8. The molecule has 0 radical (unpaired) electrons. The maximum absolute atomic E-state index is 13.5. The van der Waals surface area contributed by atoms with Crippen molar-refractivity contribution in [3.05, 3.63) is 64.3 Å². The second-order valence-corrected chi connectivity index (χ2v) is 5.33. The van der Waals surface area contributed by atoms with E-state index >= 15 is 0 Å². The van der Waals surface area contributed by atoms with E-state index in [1.54, 1.807) is 24.3 Å². The molecule has 1 aromatic heterocycles. The number of nitrogens with one attached hydrogen (secondary N) is 2. The quantitative estimate of drug-likeness (QED) is 0.809. The number of rotatable bonds is 4. The standard InChI is InChI=1S/C16H14FN3O4/c1-24-11-6-4-10(5-7-11)16(14(22)18-15(23)19-16)9-20-8-2-3-12(17)13(20)21/h2-8H,9H2,1H3,(H2,18,19,22,23). The van der Waals surface area contributed by atoms with Crippen LogP contribution in [0.2, 0.25) is 0 Å². The number of urea groups is 1. The van der Waals surface area contributed by atoms with Gasteiger partial charge in [-0.3, -0.25) is 14.9 Å². The van der Waals surface area contributed by atoms with E-state index in [2.05, 4.69) is 10.6 Å². The van der Waals surface area contributed by atoms with Crippen LogP contribution in [0.5, 0.6) is 5.75 Å². The molecular weight excluding hydrogens is 317 g/mol. The van der Waals surface area contributed by atoms with E-state index in [4.69, 9.17) is 4.74 Å². The number of carbonyl (C=O) groups excluding carboxylic acids is 2. The molecule has 1 aliphatic rings. The topological polar surface area (TPSA) is 89.4 Å². The lowest BCUT2D eigenvalue weighted by Gasteiger charge is -2.27. The molecule has 1 fully saturated rings. The summed E-state index contributed by atoms with van der Waals surface area (Å²) >= 11 is 0. The Morgan fingerprint density at radius 3 is 2.46 bits per heavy atom. The molecule has 2 N–H and O–H groups in total. The molecule has 1 saturated heterocycles. The van der Waals surface area contributed by atoms with Crippen LogP contribution in [-0.2, 0) is 16.9 Å². The van der Waals surface area contributed by atoms with E-state index in [0.717, 1.165) is 10.6 Å². The van der Waals surface area contributed by atoms with E-state index in [1.807, 2.05) is 0 Å². The smallest absolute Gasteiger partial charge is 0.322 e. The van der Waals surface area contributed by atoms with E-state index in [1.165, 1.54) is 19.4 Å². The summed E-state index contributed by atoms with van der Waals surface area (Å²) in [5.41, 5.74) is -1.94. The molecule has 7 nitrogen and oxygen atoms in total. The number of hydrogen-bond acceptors (Lipinski definition) is 4. The molecule has 0 aliphatic carbocycles. The minimum Gasteiger partial charge on any atom is -0.497 e. The molecule has 8 heteroatoms. The van der Waals surface area contributed by atoms with Crippen LogP contribution in [0.25, 0.3) is 0 Å². The van der Waals surface area contributed by atoms with E-state index in [-0.39, 0.29) is 6.54 Å². The average molecular weight is 331 g/mol. The lowest BCUT2D eigenvalue weighted by molar-refractivity contribution is -0.124. The number of nitrogens with zero attached hydrogens (tertiary/aromatic N) is 1. The Hall–Kier alpha value is -3.16. The molecule has 2 aromatic rings. The molecule has 1 aliphatic heterocycles. The Bertz CT molecular complexity index is 862. The van der Waals surface area contributed by atoms with Gasteiger partial charge in [-0.1, -0.05) is 12.1 Å². The molecule has 2 heterocycles. The highest BCUT2D eigenvalue weighted by molar-refractivity contribution is 6.07. The molecular formula is C16H14FN3O4. The molecule has 1 aromatic carbocycles. The highest BCUT2D eigenvalue weighted by Gasteiger charge is 2.48. The number of carbonyl (C=O) groups is 2. The number of imide groups is 1.